The Balaban J connectivity index is 1.94. The minimum absolute atomic E-state index is 0.0249. The lowest BCUT2D eigenvalue weighted by Gasteiger charge is -2.10. The van der Waals surface area contributed by atoms with Crippen molar-refractivity contribution in [1.29, 1.82) is 0 Å². The molecule has 2 aromatic carbocycles. The highest BCUT2D eigenvalue weighted by Crippen LogP contribution is 2.17. The molecule has 0 bridgehead atoms. The third-order valence-electron chi connectivity index (χ3n) is 4.59. The molecule has 0 saturated carbocycles. The molecule has 2 rings (SSSR count). The number of aliphatic carboxylic acids is 1. The van der Waals surface area contributed by atoms with Crippen molar-refractivity contribution in [3.05, 3.63) is 59.7 Å². The molecule has 2 amide bonds. The fourth-order valence-electron chi connectivity index (χ4n) is 2.88. The molecule has 0 radical (unpaired) electrons. The largest absolute Gasteiger partial charge is 0.481 e. The highest BCUT2D eigenvalue weighted by molar-refractivity contribution is 6.04. The number of amides is 2. The summed E-state index contributed by atoms with van der Waals surface area (Å²) in [5.74, 6) is -1.64. The van der Waals surface area contributed by atoms with Crippen molar-refractivity contribution in [2.75, 3.05) is 10.6 Å². The van der Waals surface area contributed by atoms with Gasteiger partial charge in [-0.15, -0.1) is 0 Å². The van der Waals surface area contributed by atoms with Gasteiger partial charge in [0.05, 0.1) is 5.92 Å². The minimum Gasteiger partial charge on any atom is -0.481 e. The van der Waals surface area contributed by atoms with E-state index in [-0.39, 0.29) is 11.8 Å². The van der Waals surface area contributed by atoms with Crippen molar-refractivity contribution in [2.24, 2.45) is 5.92 Å². The molecule has 6 heteroatoms. The van der Waals surface area contributed by atoms with Gasteiger partial charge in [0.2, 0.25) is 5.91 Å². The highest BCUT2D eigenvalue weighted by atomic mass is 16.4. The summed E-state index contributed by atoms with van der Waals surface area (Å²) < 4.78 is 0. The van der Waals surface area contributed by atoms with Gasteiger partial charge in [-0.05, 0) is 54.8 Å². The van der Waals surface area contributed by atoms with Gasteiger partial charge < -0.3 is 15.7 Å². The summed E-state index contributed by atoms with van der Waals surface area (Å²) in [4.78, 5) is 35.4. The van der Waals surface area contributed by atoms with Crippen molar-refractivity contribution in [2.45, 2.75) is 46.0 Å². The molecule has 0 spiro atoms. The van der Waals surface area contributed by atoms with E-state index in [2.05, 4.69) is 17.6 Å². The molecule has 0 heterocycles. The highest BCUT2D eigenvalue weighted by Gasteiger charge is 2.12. The second kappa shape index (κ2) is 11.0. The maximum Gasteiger partial charge on any atom is 0.306 e. The molecule has 0 fully saturated rings. The van der Waals surface area contributed by atoms with E-state index in [1.165, 1.54) is 0 Å². The van der Waals surface area contributed by atoms with Crippen LogP contribution in [0.1, 0.15) is 55.5 Å². The molecular formula is C23H28N2O4. The number of nitrogens with one attached hydrogen (secondary N) is 2. The normalized spacial score (nSPS) is 11.5. The Kier molecular flexibility index (Phi) is 8.40. The van der Waals surface area contributed by atoms with E-state index < -0.39 is 11.9 Å². The molecule has 0 aliphatic carbocycles. The summed E-state index contributed by atoms with van der Waals surface area (Å²) in [5.41, 5.74) is 2.59. The Labute approximate surface area is 171 Å². The van der Waals surface area contributed by atoms with Gasteiger partial charge in [0.25, 0.3) is 5.91 Å². The zero-order valence-corrected chi connectivity index (χ0v) is 16.9. The number of anilines is 2. The fourth-order valence-corrected chi connectivity index (χ4v) is 2.88. The first-order valence-corrected chi connectivity index (χ1v) is 9.92. The van der Waals surface area contributed by atoms with Gasteiger partial charge in [-0.25, -0.2) is 0 Å². The lowest BCUT2D eigenvalue weighted by Crippen LogP contribution is -2.14. The van der Waals surface area contributed by atoms with Crippen LogP contribution in [0, 0.1) is 5.92 Å². The van der Waals surface area contributed by atoms with Gasteiger partial charge in [0.15, 0.2) is 0 Å². The van der Waals surface area contributed by atoms with E-state index in [4.69, 9.17) is 5.11 Å². The molecule has 3 N–H and O–H groups in total. The van der Waals surface area contributed by atoms with Crippen LogP contribution >= 0.6 is 0 Å². The smallest absolute Gasteiger partial charge is 0.306 e. The van der Waals surface area contributed by atoms with Crippen molar-refractivity contribution in [1.82, 2.24) is 0 Å². The van der Waals surface area contributed by atoms with Crippen LogP contribution in [0.2, 0.25) is 0 Å². The summed E-state index contributed by atoms with van der Waals surface area (Å²) in [6, 6.07) is 13.9. The van der Waals surface area contributed by atoms with E-state index >= 15 is 0 Å². The second-order valence-electron chi connectivity index (χ2n) is 7.18. The lowest BCUT2D eigenvalue weighted by atomic mass is 10.0. The Morgan fingerprint density at radius 2 is 1.69 bits per heavy atom. The first kappa shape index (κ1) is 22.1. The molecular weight excluding hydrogens is 368 g/mol. The van der Waals surface area contributed by atoms with Crippen molar-refractivity contribution in [3.8, 4) is 0 Å². The topological polar surface area (TPSA) is 95.5 Å². The molecule has 154 valence electrons. The summed E-state index contributed by atoms with van der Waals surface area (Å²) in [6.07, 6.45) is 3.85. The molecule has 29 heavy (non-hydrogen) atoms. The number of unbranched alkanes of at least 4 members (excludes halogenated alkanes) is 2. The molecule has 2 aromatic rings. The second-order valence-corrected chi connectivity index (χ2v) is 7.18. The van der Waals surface area contributed by atoms with Crippen molar-refractivity contribution >= 4 is 29.2 Å². The van der Waals surface area contributed by atoms with Crippen LogP contribution in [0.4, 0.5) is 11.4 Å². The molecule has 1 atom stereocenters. The van der Waals surface area contributed by atoms with Crippen LogP contribution in [-0.4, -0.2) is 22.9 Å². The minimum atomic E-state index is -0.850. The predicted molar refractivity (Wildman–Crippen MR) is 114 cm³/mol. The van der Waals surface area contributed by atoms with Crippen LogP contribution in [0.25, 0.3) is 0 Å². The summed E-state index contributed by atoms with van der Waals surface area (Å²) in [6.45, 7) is 3.74. The van der Waals surface area contributed by atoms with Gasteiger partial charge in [-0.1, -0.05) is 38.8 Å². The summed E-state index contributed by atoms with van der Waals surface area (Å²) in [7, 11) is 0. The Morgan fingerprint density at radius 3 is 2.34 bits per heavy atom. The van der Waals surface area contributed by atoms with Gasteiger partial charge in [-0.3, -0.25) is 14.4 Å². The van der Waals surface area contributed by atoms with E-state index in [9.17, 15) is 14.4 Å². The van der Waals surface area contributed by atoms with E-state index in [1.807, 2.05) is 6.07 Å². The van der Waals surface area contributed by atoms with Gasteiger partial charge in [0.1, 0.15) is 0 Å². The molecule has 0 aromatic heterocycles. The summed E-state index contributed by atoms with van der Waals surface area (Å²) in [5, 5.41) is 14.7. The first-order valence-electron chi connectivity index (χ1n) is 9.92. The zero-order valence-electron chi connectivity index (χ0n) is 16.9. The van der Waals surface area contributed by atoms with E-state index in [0.29, 0.717) is 29.8 Å². The predicted octanol–water partition coefficient (Wildman–Crippen LogP) is 4.72. The van der Waals surface area contributed by atoms with E-state index in [1.54, 1.807) is 49.4 Å². The molecule has 0 saturated heterocycles. The van der Waals surface area contributed by atoms with Crippen LogP contribution in [0.5, 0.6) is 0 Å². The van der Waals surface area contributed by atoms with Gasteiger partial charge >= 0.3 is 5.97 Å². The average Bonchev–Trinajstić information content (AvgIpc) is 2.69. The van der Waals surface area contributed by atoms with Crippen molar-refractivity contribution < 1.29 is 19.5 Å². The lowest BCUT2D eigenvalue weighted by molar-refractivity contribution is -0.141. The number of rotatable bonds is 10. The van der Waals surface area contributed by atoms with Gasteiger partial charge in [0, 0.05) is 23.4 Å². The van der Waals surface area contributed by atoms with Gasteiger partial charge in [-0.2, -0.15) is 0 Å². The fraction of sp³-hybridized carbons (Fsp3) is 0.348. The maximum atomic E-state index is 12.5. The number of hydrogen-bond acceptors (Lipinski definition) is 3. The molecule has 0 aliphatic rings. The number of carbonyl (C=O) groups is 3. The number of carboxylic acid groups (broad SMARTS) is 1. The maximum absolute atomic E-state index is 12.5. The third kappa shape index (κ3) is 7.41. The van der Waals surface area contributed by atoms with E-state index in [0.717, 1.165) is 24.8 Å². The summed E-state index contributed by atoms with van der Waals surface area (Å²) >= 11 is 0. The number of carboxylic acids is 1. The van der Waals surface area contributed by atoms with Crippen molar-refractivity contribution in [3.63, 3.8) is 0 Å². The number of benzene rings is 2. The SMILES string of the molecule is CCCCCC(=O)Nc1ccc(C(=O)Nc2cccc(C[C@H](C)C(=O)O)c2)cc1. The zero-order chi connectivity index (χ0) is 21.2. The number of hydrogen-bond donors (Lipinski definition) is 3. The molecule has 6 nitrogen and oxygen atoms in total. The standard InChI is InChI=1S/C23H28N2O4/c1-3-4-5-9-21(26)24-19-12-10-18(11-13-19)22(27)25-20-8-6-7-17(15-20)14-16(2)23(28)29/h6-8,10-13,15-16H,3-5,9,14H2,1-2H3,(H,24,26)(H,25,27)(H,28,29)/t16-/m0/s1. The first-order chi connectivity index (χ1) is 13.9. The van der Waals surface area contributed by atoms with Crippen LogP contribution in [-0.2, 0) is 16.0 Å². The monoisotopic (exact) mass is 396 g/mol. The van der Waals surface area contributed by atoms with Crippen LogP contribution in [0.3, 0.4) is 0 Å². The quantitative estimate of drug-likeness (QED) is 0.506. The molecule has 0 unspecified atom stereocenters. The Bertz CT molecular complexity index is 846. The molecule has 0 aliphatic heterocycles. The Morgan fingerprint density at radius 1 is 0.966 bits per heavy atom. The average molecular weight is 396 g/mol. The van der Waals surface area contributed by atoms with Crippen LogP contribution < -0.4 is 10.6 Å². The Hall–Kier alpha value is -3.15. The number of carbonyl (C=O) groups excluding carboxylic acids is 2. The third-order valence-corrected chi connectivity index (χ3v) is 4.59. The van der Waals surface area contributed by atoms with Crippen LogP contribution in [0.15, 0.2) is 48.5 Å².